The average molecular weight is 264 g/mol. The van der Waals surface area contributed by atoms with Gasteiger partial charge in [0.05, 0.1) is 5.92 Å². The van der Waals surface area contributed by atoms with Crippen LogP contribution in [0.3, 0.4) is 0 Å². The summed E-state index contributed by atoms with van der Waals surface area (Å²) in [6.07, 6.45) is 1.54. The summed E-state index contributed by atoms with van der Waals surface area (Å²) in [5.41, 5.74) is 1.81. The van der Waals surface area contributed by atoms with Gasteiger partial charge in [0.25, 0.3) is 0 Å². The number of ketones is 1. The van der Waals surface area contributed by atoms with Gasteiger partial charge < -0.3 is 5.11 Å². The maximum Gasteiger partial charge on any atom is 0.306 e. The van der Waals surface area contributed by atoms with Crippen LogP contribution in [-0.4, -0.2) is 16.9 Å². The number of halogens is 1. The molecule has 1 N–H and O–H groups in total. The zero-order valence-electron chi connectivity index (χ0n) is 11.1. The summed E-state index contributed by atoms with van der Waals surface area (Å²) in [5, 5.41) is 8.97. The molecule has 0 heterocycles. The van der Waals surface area contributed by atoms with Crippen molar-refractivity contribution in [3.8, 4) is 0 Å². The summed E-state index contributed by atoms with van der Waals surface area (Å²) in [5.74, 6) is -1.89. The highest BCUT2D eigenvalue weighted by molar-refractivity contribution is 6.00. The number of carboxylic acids is 1. The van der Waals surface area contributed by atoms with Gasteiger partial charge in [-0.1, -0.05) is 0 Å². The molecule has 0 bridgehead atoms. The van der Waals surface area contributed by atoms with E-state index in [2.05, 4.69) is 0 Å². The Bertz CT molecular complexity index is 513. The summed E-state index contributed by atoms with van der Waals surface area (Å²) >= 11 is 0. The molecular formula is C15H17FO3. The second-order valence-electron chi connectivity index (χ2n) is 5.32. The van der Waals surface area contributed by atoms with Gasteiger partial charge >= 0.3 is 5.97 Å². The number of hydrogen-bond acceptors (Lipinski definition) is 2. The summed E-state index contributed by atoms with van der Waals surface area (Å²) in [7, 11) is 0. The topological polar surface area (TPSA) is 54.4 Å². The number of carbonyl (C=O) groups excluding carboxylic acids is 1. The van der Waals surface area contributed by atoms with Gasteiger partial charge in [-0.15, -0.1) is 0 Å². The number of carbonyl (C=O) groups is 2. The van der Waals surface area contributed by atoms with E-state index in [1.165, 1.54) is 12.1 Å². The van der Waals surface area contributed by atoms with Crippen LogP contribution in [0.1, 0.15) is 40.7 Å². The van der Waals surface area contributed by atoms with Crippen LogP contribution >= 0.6 is 0 Å². The summed E-state index contributed by atoms with van der Waals surface area (Å²) in [4.78, 5) is 23.4. The number of benzene rings is 1. The van der Waals surface area contributed by atoms with Crippen LogP contribution in [0.15, 0.2) is 12.1 Å². The third kappa shape index (κ3) is 2.67. The maximum atomic E-state index is 13.2. The molecule has 1 aromatic carbocycles. The van der Waals surface area contributed by atoms with E-state index in [0.29, 0.717) is 36.0 Å². The minimum absolute atomic E-state index is 0.0428. The Morgan fingerprint density at radius 2 is 1.68 bits per heavy atom. The molecule has 1 fully saturated rings. The molecule has 3 nitrogen and oxygen atoms in total. The van der Waals surface area contributed by atoms with E-state index in [1.54, 1.807) is 13.8 Å². The molecule has 1 aliphatic carbocycles. The number of Topliss-reactive ketones (excluding diaryl/α,β-unsaturated/α-hetero) is 1. The molecule has 0 saturated heterocycles. The minimum Gasteiger partial charge on any atom is -0.481 e. The number of carboxylic acid groups (broad SMARTS) is 1. The van der Waals surface area contributed by atoms with Crippen LogP contribution in [0.2, 0.25) is 0 Å². The SMILES string of the molecule is Cc1cc(F)cc(C)c1C(=O)C1CCC(C(=O)O)C1. The van der Waals surface area contributed by atoms with Crippen molar-refractivity contribution in [3.05, 3.63) is 34.6 Å². The van der Waals surface area contributed by atoms with Crippen molar-refractivity contribution >= 4 is 11.8 Å². The molecule has 1 saturated carbocycles. The van der Waals surface area contributed by atoms with Gasteiger partial charge in [-0.2, -0.15) is 0 Å². The highest BCUT2D eigenvalue weighted by Gasteiger charge is 2.35. The van der Waals surface area contributed by atoms with Gasteiger partial charge in [-0.05, 0) is 56.4 Å². The lowest BCUT2D eigenvalue weighted by molar-refractivity contribution is -0.141. The molecule has 2 unspecified atom stereocenters. The zero-order valence-corrected chi connectivity index (χ0v) is 11.1. The third-order valence-corrected chi connectivity index (χ3v) is 3.90. The second-order valence-corrected chi connectivity index (χ2v) is 5.32. The lowest BCUT2D eigenvalue weighted by atomic mass is 9.89. The van der Waals surface area contributed by atoms with E-state index in [1.807, 2.05) is 0 Å². The molecule has 2 atom stereocenters. The average Bonchev–Trinajstić information content (AvgIpc) is 2.76. The van der Waals surface area contributed by atoms with E-state index >= 15 is 0 Å². The Morgan fingerprint density at radius 1 is 1.16 bits per heavy atom. The fourth-order valence-corrected chi connectivity index (χ4v) is 2.95. The van der Waals surface area contributed by atoms with E-state index in [-0.39, 0.29) is 17.5 Å². The van der Waals surface area contributed by atoms with Crippen molar-refractivity contribution in [2.75, 3.05) is 0 Å². The summed E-state index contributed by atoms with van der Waals surface area (Å²) < 4.78 is 13.2. The molecule has 4 heteroatoms. The molecular weight excluding hydrogens is 247 g/mol. The molecule has 19 heavy (non-hydrogen) atoms. The van der Waals surface area contributed by atoms with Gasteiger partial charge in [-0.3, -0.25) is 9.59 Å². The molecule has 1 aromatic rings. The van der Waals surface area contributed by atoms with Crippen LogP contribution in [0.5, 0.6) is 0 Å². The van der Waals surface area contributed by atoms with Crippen molar-refractivity contribution < 1.29 is 19.1 Å². The van der Waals surface area contributed by atoms with Crippen molar-refractivity contribution in [2.24, 2.45) is 11.8 Å². The van der Waals surface area contributed by atoms with Gasteiger partial charge in [-0.25, -0.2) is 4.39 Å². The smallest absolute Gasteiger partial charge is 0.306 e. The van der Waals surface area contributed by atoms with E-state index in [4.69, 9.17) is 5.11 Å². The first-order valence-corrected chi connectivity index (χ1v) is 6.44. The Hall–Kier alpha value is -1.71. The standard InChI is InChI=1S/C15H17FO3/c1-8-5-12(16)6-9(2)13(8)14(17)10-3-4-11(7-10)15(18)19/h5-6,10-11H,3-4,7H2,1-2H3,(H,18,19). The van der Waals surface area contributed by atoms with Crippen LogP contribution in [0.4, 0.5) is 4.39 Å². The highest BCUT2D eigenvalue weighted by atomic mass is 19.1. The second kappa shape index (κ2) is 5.11. The lowest BCUT2D eigenvalue weighted by Crippen LogP contribution is -2.17. The molecule has 0 aromatic heterocycles. The van der Waals surface area contributed by atoms with Crippen LogP contribution in [-0.2, 0) is 4.79 Å². The predicted octanol–water partition coefficient (Wildman–Crippen LogP) is 3.13. The van der Waals surface area contributed by atoms with E-state index < -0.39 is 11.9 Å². The normalized spacial score (nSPS) is 22.5. The number of aliphatic carboxylic acids is 1. The molecule has 102 valence electrons. The highest BCUT2D eigenvalue weighted by Crippen LogP contribution is 2.34. The largest absolute Gasteiger partial charge is 0.481 e. The molecule has 1 aliphatic rings. The maximum absolute atomic E-state index is 13.2. The Labute approximate surface area is 111 Å². The Morgan fingerprint density at radius 3 is 2.16 bits per heavy atom. The van der Waals surface area contributed by atoms with Crippen LogP contribution in [0.25, 0.3) is 0 Å². The van der Waals surface area contributed by atoms with Crippen molar-refractivity contribution in [2.45, 2.75) is 33.1 Å². The monoisotopic (exact) mass is 264 g/mol. The minimum atomic E-state index is -0.831. The van der Waals surface area contributed by atoms with Crippen LogP contribution in [0, 0.1) is 31.5 Å². The third-order valence-electron chi connectivity index (χ3n) is 3.90. The van der Waals surface area contributed by atoms with Gasteiger partial charge in [0.1, 0.15) is 5.82 Å². The Kier molecular flexibility index (Phi) is 3.69. The van der Waals surface area contributed by atoms with Gasteiger partial charge in [0.2, 0.25) is 0 Å². The Balaban J connectivity index is 2.24. The van der Waals surface area contributed by atoms with Gasteiger partial charge in [0, 0.05) is 11.5 Å². The van der Waals surface area contributed by atoms with Crippen molar-refractivity contribution in [1.82, 2.24) is 0 Å². The fourth-order valence-electron chi connectivity index (χ4n) is 2.95. The predicted molar refractivity (Wildman–Crippen MR) is 68.7 cm³/mol. The van der Waals surface area contributed by atoms with Gasteiger partial charge in [0.15, 0.2) is 5.78 Å². The fraction of sp³-hybridized carbons (Fsp3) is 0.467. The first-order valence-electron chi connectivity index (χ1n) is 6.44. The van der Waals surface area contributed by atoms with Crippen molar-refractivity contribution in [3.63, 3.8) is 0 Å². The quantitative estimate of drug-likeness (QED) is 0.853. The first kappa shape index (κ1) is 13.7. The number of rotatable bonds is 3. The van der Waals surface area contributed by atoms with Crippen LogP contribution < -0.4 is 0 Å². The molecule has 0 amide bonds. The molecule has 0 spiro atoms. The van der Waals surface area contributed by atoms with E-state index in [0.717, 1.165) is 0 Å². The molecule has 0 aliphatic heterocycles. The lowest BCUT2D eigenvalue weighted by Gasteiger charge is -2.13. The summed E-state index contributed by atoms with van der Waals surface area (Å²) in [6.45, 7) is 3.43. The molecule has 0 radical (unpaired) electrons. The molecule has 2 rings (SSSR count). The zero-order chi connectivity index (χ0) is 14.2. The van der Waals surface area contributed by atoms with Crippen molar-refractivity contribution in [1.29, 1.82) is 0 Å². The first-order chi connectivity index (χ1) is 8.90. The number of aryl methyl sites for hydroxylation is 2. The van der Waals surface area contributed by atoms with E-state index in [9.17, 15) is 14.0 Å². The summed E-state index contributed by atoms with van der Waals surface area (Å²) in [6, 6.07) is 2.70. The number of hydrogen-bond donors (Lipinski definition) is 1.